The van der Waals surface area contributed by atoms with Crippen molar-refractivity contribution >= 4 is 0 Å². The summed E-state index contributed by atoms with van der Waals surface area (Å²) < 4.78 is 0. The summed E-state index contributed by atoms with van der Waals surface area (Å²) in [7, 11) is 0. The monoisotopic (exact) mass is 285 g/mol. The molecular formula is C17H23N3O. The summed E-state index contributed by atoms with van der Waals surface area (Å²) in [6.45, 7) is 7.87. The minimum absolute atomic E-state index is 0.125. The van der Waals surface area contributed by atoms with Gasteiger partial charge in [-0.2, -0.15) is 5.10 Å². The Morgan fingerprint density at radius 3 is 2.57 bits per heavy atom. The lowest BCUT2D eigenvalue weighted by Gasteiger charge is -2.08. The standard InChI is InChI=1S/C17H23N3O/c1-4-13-5-7-14(8-6-13)16-9-15(17(21)20-19-16)11-18-10-12(2)3/h5-9,12,18H,4,10-11H2,1-3H3,(H,20,21). The highest BCUT2D eigenvalue weighted by Gasteiger charge is 2.06. The molecule has 0 unspecified atom stereocenters. The predicted molar refractivity (Wildman–Crippen MR) is 86.2 cm³/mol. The summed E-state index contributed by atoms with van der Waals surface area (Å²) in [5.41, 5.74) is 3.72. The van der Waals surface area contributed by atoms with Crippen molar-refractivity contribution in [2.45, 2.75) is 33.7 Å². The Bertz CT molecular complexity index is 629. The maximum Gasteiger partial charge on any atom is 0.268 e. The van der Waals surface area contributed by atoms with Crippen molar-refractivity contribution in [1.82, 2.24) is 15.5 Å². The molecule has 0 aliphatic carbocycles. The van der Waals surface area contributed by atoms with Gasteiger partial charge < -0.3 is 5.32 Å². The summed E-state index contributed by atoms with van der Waals surface area (Å²) >= 11 is 0. The highest BCUT2D eigenvalue weighted by atomic mass is 16.1. The zero-order valence-corrected chi connectivity index (χ0v) is 12.9. The maximum atomic E-state index is 11.8. The number of nitrogens with zero attached hydrogens (tertiary/aromatic N) is 1. The average Bonchev–Trinajstić information content (AvgIpc) is 2.49. The fourth-order valence-electron chi connectivity index (χ4n) is 2.13. The van der Waals surface area contributed by atoms with Crippen LogP contribution in [0.4, 0.5) is 0 Å². The van der Waals surface area contributed by atoms with Gasteiger partial charge >= 0.3 is 0 Å². The third kappa shape index (κ3) is 4.26. The van der Waals surface area contributed by atoms with Crippen molar-refractivity contribution < 1.29 is 0 Å². The van der Waals surface area contributed by atoms with Crippen LogP contribution in [0.3, 0.4) is 0 Å². The first-order valence-electron chi connectivity index (χ1n) is 7.48. The van der Waals surface area contributed by atoms with E-state index in [2.05, 4.69) is 48.4 Å². The summed E-state index contributed by atoms with van der Waals surface area (Å²) in [5.74, 6) is 0.562. The largest absolute Gasteiger partial charge is 0.312 e. The smallest absolute Gasteiger partial charge is 0.268 e. The number of benzene rings is 1. The third-order valence-electron chi connectivity index (χ3n) is 3.41. The Hall–Kier alpha value is -1.94. The summed E-state index contributed by atoms with van der Waals surface area (Å²) in [6, 6.07) is 10.2. The van der Waals surface area contributed by atoms with Gasteiger partial charge in [-0.1, -0.05) is 45.0 Å². The van der Waals surface area contributed by atoms with Gasteiger partial charge in [0.1, 0.15) is 0 Å². The molecule has 2 rings (SSSR count). The topological polar surface area (TPSA) is 57.8 Å². The first-order chi connectivity index (χ1) is 10.1. The van der Waals surface area contributed by atoms with Crippen LogP contribution in [0.2, 0.25) is 0 Å². The van der Waals surface area contributed by atoms with Crippen molar-refractivity contribution in [3.63, 3.8) is 0 Å². The molecule has 1 aromatic carbocycles. The fourth-order valence-corrected chi connectivity index (χ4v) is 2.13. The van der Waals surface area contributed by atoms with Gasteiger partial charge in [0, 0.05) is 17.7 Å². The maximum absolute atomic E-state index is 11.8. The van der Waals surface area contributed by atoms with E-state index < -0.39 is 0 Å². The second kappa shape index (κ2) is 7.18. The van der Waals surface area contributed by atoms with Gasteiger partial charge in [0.25, 0.3) is 5.56 Å². The van der Waals surface area contributed by atoms with Crippen molar-refractivity contribution in [2.75, 3.05) is 6.54 Å². The summed E-state index contributed by atoms with van der Waals surface area (Å²) in [5, 5.41) is 10.0. The number of H-pyrrole nitrogens is 1. The number of aromatic nitrogens is 2. The van der Waals surface area contributed by atoms with Crippen LogP contribution in [-0.4, -0.2) is 16.7 Å². The first kappa shape index (κ1) is 15.4. The van der Waals surface area contributed by atoms with Gasteiger partial charge in [-0.15, -0.1) is 0 Å². The Balaban J connectivity index is 2.18. The highest BCUT2D eigenvalue weighted by molar-refractivity contribution is 5.59. The number of aryl methyl sites for hydroxylation is 1. The van der Waals surface area contributed by atoms with Gasteiger partial charge in [0.2, 0.25) is 0 Å². The van der Waals surface area contributed by atoms with Gasteiger partial charge in [-0.3, -0.25) is 4.79 Å². The molecule has 0 spiro atoms. The van der Waals surface area contributed by atoms with Crippen molar-refractivity contribution in [3.8, 4) is 11.3 Å². The van der Waals surface area contributed by atoms with E-state index in [1.807, 2.05) is 18.2 Å². The van der Waals surface area contributed by atoms with Crippen LogP contribution in [0.1, 0.15) is 31.9 Å². The third-order valence-corrected chi connectivity index (χ3v) is 3.41. The van der Waals surface area contributed by atoms with E-state index in [1.54, 1.807) is 0 Å². The molecule has 2 N–H and O–H groups in total. The van der Waals surface area contributed by atoms with Crippen molar-refractivity contribution in [3.05, 3.63) is 51.8 Å². The molecule has 0 bridgehead atoms. The van der Waals surface area contributed by atoms with Crippen LogP contribution >= 0.6 is 0 Å². The molecule has 1 heterocycles. The normalized spacial score (nSPS) is 11.0. The predicted octanol–water partition coefficient (Wildman–Crippen LogP) is 2.74. The van der Waals surface area contributed by atoms with Crippen LogP contribution in [-0.2, 0) is 13.0 Å². The first-order valence-corrected chi connectivity index (χ1v) is 7.48. The highest BCUT2D eigenvalue weighted by Crippen LogP contribution is 2.17. The van der Waals surface area contributed by atoms with Gasteiger partial charge in [-0.25, -0.2) is 5.10 Å². The molecule has 0 fully saturated rings. The Kier molecular flexibility index (Phi) is 5.28. The van der Waals surface area contributed by atoms with E-state index in [0.717, 1.165) is 29.8 Å². The fraction of sp³-hybridized carbons (Fsp3) is 0.412. The Morgan fingerprint density at radius 1 is 1.24 bits per heavy atom. The molecule has 0 aliphatic heterocycles. The number of rotatable bonds is 6. The lowest BCUT2D eigenvalue weighted by molar-refractivity contribution is 0.550. The lowest BCUT2D eigenvalue weighted by atomic mass is 10.1. The zero-order chi connectivity index (χ0) is 15.2. The molecule has 0 saturated carbocycles. The Labute approximate surface area is 125 Å². The van der Waals surface area contributed by atoms with Crippen molar-refractivity contribution in [2.24, 2.45) is 5.92 Å². The molecule has 0 atom stereocenters. The molecule has 0 amide bonds. The van der Waals surface area contributed by atoms with Crippen LogP contribution < -0.4 is 10.9 Å². The van der Waals surface area contributed by atoms with Crippen LogP contribution in [0.25, 0.3) is 11.3 Å². The molecule has 0 aliphatic rings. The van der Waals surface area contributed by atoms with E-state index in [-0.39, 0.29) is 5.56 Å². The molecule has 4 heteroatoms. The number of hydrogen-bond acceptors (Lipinski definition) is 3. The molecule has 4 nitrogen and oxygen atoms in total. The molecule has 1 aromatic heterocycles. The molecule has 0 saturated heterocycles. The molecule has 0 radical (unpaired) electrons. The summed E-state index contributed by atoms with van der Waals surface area (Å²) in [6.07, 6.45) is 1.02. The van der Waals surface area contributed by atoms with Crippen LogP contribution in [0.15, 0.2) is 35.1 Å². The van der Waals surface area contributed by atoms with E-state index in [0.29, 0.717) is 12.5 Å². The van der Waals surface area contributed by atoms with Gasteiger partial charge in [-0.05, 0) is 30.5 Å². The molecule has 112 valence electrons. The number of aromatic amines is 1. The van der Waals surface area contributed by atoms with Crippen LogP contribution in [0, 0.1) is 5.92 Å². The second-order valence-electron chi connectivity index (χ2n) is 5.68. The van der Waals surface area contributed by atoms with Crippen LogP contribution in [0.5, 0.6) is 0 Å². The number of hydrogen-bond donors (Lipinski definition) is 2. The van der Waals surface area contributed by atoms with E-state index in [4.69, 9.17) is 0 Å². The van der Waals surface area contributed by atoms with E-state index >= 15 is 0 Å². The van der Waals surface area contributed by atoms with Gasteiger partial charge in [0.15, 0.2) is 0 Å². The van der Waals surface area contributed by atoms with Gasteiger partial charge in [0.05, 0.1) is 5.69 Å². The van der Waals surface area contributed by atoms with E-state index in [1.165, 1.54) is 5.56 Å². The minimum atomic E-state index is -0.125. The quantitative estimate of drug-likeness (QED) is 0.858. The SMILES string of the molecule is CCc1ccc(-c2cc(CNCC(C)C)c(=O)[nH]n2)cc1. The van der Waals surface area contributed by atoms with Crippen molar-refractivity contribution in [1.29, 1.82) is 0 Å². The minimum Gasteiger partial charge on any atom is -0.312 e. The number of nitrogens with one attached hydrogen (secondary N) is 2. The molecule has 21 heavy (non-hydrogen) atoms. The lowest BCUT2D eigenvalue weighted by Crippen LogP contribution is -2.24. The Morgan fingerprint density at radius 2 is 1.95 bits per heavy atom. The average molecular weight is 285 g/mol. The summed E-state index contributed by atoms with van der Waals surface area (Å²) in [4.78, 5) is 11.8. The van der Waals surface area contributed by atoms with E-state index in [9.17, 15) is 4.79 Å². The molecule has 2 aromatic rings. The second-order valence-corrected chi connectivity index (χ2v) is 5.68. The molecular weight excluding hydrogens is 262 g/mol. The zero-order valence-electron chi connectivity index (χ0n) is 12.9.